The molecule has 1 saturated carbocycles. The standard InChI is InChI=1S/C16H20N2O3/c1-2-21-15(19)13-7-9-14(10-8-13)18-16(20)17-11-12-5-3-4-6-12/h7-11H,2-6H2,1H3,(H2,17,18,20). The Labute approximate surface area is 124 Å². The lowest BCUT2D eigenvalue weighted by molar-refractivity contribution is 0.0526. The van der Waals surface area contributed by atoms with Crippen LogP contribution in [-0.4, -0.2) is 18.6 Å². The Morgan fingerprint density at radius 2 is 1.86 bits per heavy atom. The van der Waals surface area contributed by atoms with Crippen molar-refractivity contribution in [2.24, 2.45) is 0 Å². The number of amides is 2. The number of rotatable bonds is 4. The zero-order valence-corrected chi connectivity index (χ0v) is 12.1. The van der Waals surface area contributed by atoms with Crippen LogP contribution in [0.5, 0.6) is 0 Å². The number of anilines is 1. The van der Waals surface area contributed by atoms with Gasteiger partial charge >= 0.3 is 12.0 Å². The molecule has 0 saturated heterocycles. The number of nitrogens with one attached hydrogen (secondary N) is 2. The predicted octanol–water partition coefficient (Wildman–Crippen LogP) is 3.44. The van der Waals surface area contributed by atoms with Crippen molar-refractivity contribution < 1.29 is 14.3 Å². The van der Waals surface area contributed by atoms with Crippen molar-refractivity contribution in [1.29, 1.82) is 0 Å². The molecule has 5 heteroatoms. The highest BCUT2D eigenvalue weighted by atomic mass is 16.5. The van der Waals surface area contributed by atoms with Crippen LogP contribution >= 0.6 is 0 Å². The summed E-state index contributed by atoms with van der Waals surface area (Å²) in [6.45, 7) is 2.10. The molecular formula is C16H20N2O3. The number of allylic oxidation sites excluding steroid dienone is 1. The Hall–Kier alpha value is -2.30. The number of carbonyl (C=O) groups is 2. The van der Waals surface area contributed by atoms with Gasteiger partial charge in [0, 0.05) is 11.9 Å². The van der Waals surface area contributed by atoms with Crippen LogP contribution in [-0.2, 0) is 4.74 Å². The number of benzene rings is 1. The fourth-order valence-corrected chi connectivity index (χ4v) is 2.21. The molecule has 0 unspecified atom stereocenters. The van der Waals surface area contributed by atoms with Gasteiger partial charge in [-0.05, 0) is 56.9 Å². The van der Waals surface area contributed by atoms with E-state index in [4.69, 9.17) is 4.74 Å². The minimum atomic E-state index is -0.362. The second kappa shape index (κ2) is 7.47. The number of esters is 1. The van der Waals surface area contributed by atoms with Crippen molar-refractivity contribution in [3.05, 3.63) is 41.6 Å². The van der Waals surface area contributed by atoms with Gasteiger partial charge < -0.3 is 15.4 Å². The molecule has 112 valence electrons. The molecule has 1 aliphatic carbocycles. The maximum absolute atomic E-state index is 11.7. The first-order valence-corrected chi connectivity index (χ1v) is 7.21. The van der Waals surface area contributed by atoms with E-state index in [9.17, 15) is 9.59 Å². The van der Waals surface area contributed by atoms with Gasteiger partial charge in [-0.15, -0.1) is 0 Å². The SMILES string of the molecule is CCOC(=O)c1ccc(NC(=O)NC=C2CCCC2)cc1. The molecular weight excluding hydrogens is 268 g/mol. The maximum atomic E-state index is 11.7. The lowest BCUT2D eigenvalue weighted by Crippen LogP contribution is -2.24. The van der Waals surface area contributed by atoms with Crippen molar-refractivity contribution in [3.63, 3.8) is 0 Å². The minimum absolute atomic E-state index is 0.279. The highest BCUT2D eigenvalue weighted by Gasteiger charge is 2.08. The van der Waals surface area contributed by atoms with E-state index in [0.717, 1.165) is 12.8 Å². The van der Waals surface area contributed by atoms with Crippen LogP contribution in [0.4, 0.5) is 10.5 Å². The van der Waals surface area contributed by atoms with E-state index in [-0.39, 0.29) is 12.0 Å². The molecule has 1 fully saturated rings. The Morgan fingerprint density at radius 1 is 1.19 bits per heavy atom. The van der Waals surface area contributed by atoms with Crippen LogP contribution in [0.2, 0.25) is 0 Å². The average molecular weight is 288 g/mol. The van der Waals surface area contributed by atoms with E-state index in [1.807, 2.05) is 0 Å². The number of hydrogen-bond acceptors (Lipinski definition) is 3. The molecule has 21 heavy (non-hydrogen) atoms. The fraction of sp³-hybridized carbons (Fsp3) is 0.375. The molecule has 2 N–H and O–H groups in total. The van der Waals surface area contributed by atoms with Crippen LogP contribution in [0.3, 0.4) is 0 Å². The fourth-order valence-electron chi connectivity index (χ4n) is 2.21. The summed E-state index contributed by atoms with van der Waals surface area (Å²) in [6.07, 6.45) is 6.31. The topological polar surface area (TPSA) is 67.4 Å². The number of urea groups is 1. The predicted molar refractivity (Wildman–Crippen MR) is 81.1 cm³/mol. The molecule has 0 bridgehead atoms. The summed E-state index contributed by atoms with van der Waals surface area (Å²) in [6, 6.07) is 6.33. The second-order valence-electron chi connectivity index (χ2n) is 4.91. The molecule has 1 aromatic rings. The molecule has 0 spiro atoms. The third kappa shape index (κ3) is 4.63. The molecule has 2 rings (SSSR count). The van der Waals surface area contributed by atoms with Crippen LogP contribution in [0.15, 0.2) is 36.0 Å². The van der Waals surface area contributed by atoms with Gasteiger partial charge in [0.1, 0.15) is 0 Å². The van der Waals surface area contributed by atoms with Gasteiger partial charge in [-0.25, -0.2) is 9.59 Å². The third-order valence-corrected chi connectivity index (χ3v) is 3.31. The second-order valence-corrected chi connectivity index (χ2v) is 4.91. The first kappa shape index (κ1) is 15.1. The third-order valence-electron chi connectivity index (χ3n) is 3.31. The van der Waals surface area contributed by atoms with Crippen LogP contribution in [0.25, 0.3) is 0 Å². The largest absolute Gasteiger partial charge is 0.462 e. The zero-order chi connectivity index (χ0) is 15.1. The van der Waals surface area contributed by atoms with E-state index in [0.29, 0.717) is 17.9 Å². The van der Waals surface area contributed by atoms with Gasteiger partial charge in [-0.2, -0.15) is 0 Å². The van der Waals surface area contributed by atoms with Gasteiger partial charge in [0.2, 0.25) is 0 Å². The van der Waals surface area contributed by atoms with Crippen LogP contribution < -0.4 is 10.6 Å². The van der Waals surface area contributed by atoms with Crippen molar-refractivity contribution in [3.8, 4) is 0 Å². The van der Waals surface area contributed by atoms with Gasteiger partial charge in [0.25, 0.3) is 0 Å². The summed E-state index contributed by atoms with van der Waals surface area (Å²) in [5.74, 6) is -0.362. The maximum Gasteiger partial charge on any atom is 0.338 e. The van der Waals surface area contributed by atoms with Crippen LogP contribution in [0.1, 0.15) is 43.0 Å². The first-order valence-electron chi connectivity index (χ1n) is 7.21. The molecule has 0 aliphatic heterocycles. The van der Waals surface area contributed by atoms with Crippen molar-refractivity contribution in [1.82, 2.24) is 5.32 Å². The van der Waals surface area contributed by atoms with E-state index in [2.05, 4.69) is 10.6 Å². The normalized spacial score (nSPS) is 13.7. The molecule has 0 heterocycles. The van der Waals surface area contributed by atoms with Gasteiger partial charge in [0.05, 0.1) is 12.2 Å². The summed E-state index contributed by atoms with van der Waals surface area (Å²) >= 11 is 0. The average Bonchev–Trinajstić information content (AvgIpc) is 2.99. The van der Waals surface area contributed by atoms with E-state index in [1.165, 1.54) is 18.4 Å². The minimum Gasteiger partial charge on any atom is -0.462 e. The van der Waals surface area contributed by atoms with Crippen LogP contribution in [0, 0.1) is 0 Å². The molecule has 0 aromatic heterocycles. The number of carbonyl (C=O) groups excluding carboxylic acids is 2. The van der Waals surface area contributed by atoms with Crippen molar-refractivity contribution >= 4 is 17.7 Å². The summed E-state index contributed by atoms with van der Waals surface area (Å²) in [7, 11) is 0. The van der Waals surface area contributed by atoms with E-state index in [1.54, 1.807) is 37.4 Å². The lowest BCUT2D eigenvalue weighted by atomic mass is 10.2. The number of ether oxygens (including phenoxy) is 1. The lowest BCUT2D eigenvalue weighted by Gasteiger charge is -2.06. The molecule has 1 aromatic carbocycles. The highest BCUT2D eigenvalue weighted by Crippen LogP contribution is 2.22. The first-order chi connectivity index (χ1) is 10.2. The molecule has 1 aliphatic rings. The van der Waals surface area contributed by atoms with Gasteiger partial charge in [-0.3, -0.25) is 0 Å². The molecule has 0 radical (unpaired) electrons. The Kier molecular flexibility index (Phi) is 5.37. The Balaban J connectivity index is 1.86. The monoisotopic (exact) mass is 288 g/mol. The quantitative estimate of drug-likeness (QED) is 0.834. The summed E-state index contributed by atoms with van der Waals surface area (Å²) < 4.78 is 4.90. The smallest absolute Gasteiger partial charge is 0.338 e. The van der Waals surface area contributed by atoms with E-state index >= 15 is 0 Å². The highest BCUT2D eigenvalue weighted by molar-refractivity contribution is 5.92. The van der Waals surface area contributed by atoms with E-state index < -0.39 is 0 Å². The van der Waals surface area contributed by atoms with Gasteiger partial charge in [0.15, 0.2) is 0 Å². The summed E-state index contributed by atoms with van der Waals surface area (Å²) in [4.78, 5) is 23.2. The summed E-state index contributed by atoms with van der Waals surface area (Å²) in [5, 5.41) is 5.44. The number of hydrogen-bond donors (Lipinski definition) is 2. The van der Waals surface area contributed by atoms with Crippen molar-refractivity contribution in [2.45, 2.75) is 32.6 Å². The molecule has 0 atom stereocenters. The van der Waals surface area contributed by atoms with Crippen molar-refractivity contribution in [2.75, 3.05) is 11.9 Å². The Morgan fingerprint density at radius 3 is 2.48 bits per heavy atom. The Bertz CT molecular complexity index is 527. The molecule has 2 amide bonds. The van der Waals surface area contributed by atoms with Gasteiger partial charge in [-0.1, -0.05) is 5.57 Å². The molecule has 5 nitrogen and oxygen atoms in total. The zero-order valence-electron chi connectivity index (χ0n) is 12.1. The summed E-state index contributed by atoms with van der Waals surface area (Å²) in [5.41, 5.74) is 2.38.